The van der Waals surface area contributed by atoms with Crippen LogP contribution in [0, 0.1) is 6.92 Å². The van der Waals surface area contributed by atoms with Crippen LogP contribution in [0.15, 0.2) is 6.33 Å². The van der Waals surface area contributed by atoms with Crippen molar-refractivity contribution in [3.05, 3.63) is 17.0 Å². The number of carbonyl (C=O) groups excluding carboxylic acids is 1. The van der Waals surface area contributed by atoms with Crippen molar-refractivity contribution in [3.63, 3.8) is 0 Å². The summed E-state index contributed by atoms with van der Waals surface area (Å²) in [5.41, 5.74) is 0.751. The molecule has 0 aromatic carbocycles. The summed E-state index contributed by atoms with van der Waals surface area (Å²) in [5.74, 6) is 1.01. The van der Waals surface area contributed by atoms with E-state index in [9.17, 15) is 4.79 Å². The maximum absolute atomic E-state index is 11.4. The number of nitrogens with zero attached hydrogens (tertiary/aromatic N) is 5. The molecule has 1 amide bonds. The highest BCUT2D eigenvalue weighted by Crippen LogP contribution is 2.24. The first kappa shape index (κ1) is 12.6. The maximum Gasteiger partial charge on any atom is 0.255 e. The van der Waals surface area contributed by atoms with Crippen LogP contribution in [0.25, 0.3) is 5.78 Å². The number of nitrogens with one attached hydrogen (secondary N) is 1. The van der Waals surface area contributed by atoms with E-state index in [4.69, 9.17) is 11.6 Å². The molecule has 0 fully saturated rings. The molecule has 0 saturated carbocycles. The van der Waals surface area contributed by atoms with Gasteiger partial charge in [0.25, 0.3) is 5.78 Å². The first-order chi connectivity index (χ1) is 8.54. The largest absolute Gasteiger partial charge is 0.358 e. The van der Waals surface area contributed by atoms with E-state index in [0.29, 0.717) is 16.7 Å². The summed E-state index contributed by atoms with van der Waals surface area (Å²) in [6.45, 7) is 2.03. The fourth-order valence-electron chi connectivity index (χ4n) is 1.70. The molecule has 0 radical (unpaired) electrons. The number of amides is 1. The Labute approximate surface area is 109 Å². The molecule has 2 aromatic rings. The minimum Gasteiger partial charge on any atom is -0.358 e. The van der Waals surface area contributed by atoms with E-state index in [1.807, 2.05) is 6.92 Å². The van der Waals surface area contributed by atoms with Crippen molar-refractivity contribution in [2.24, 2.45) is 0 Å². The van der Waals surface area contributed by atoms with Crippen LogP contribution >= 0.6 is 11.6 Å². The van der Waals surface area contributed by atoms with Crippen LogP contribution in [0.1, 0.15) is 5.56 Å². The first-order valence-corrected chi connectivity index (χ1v) is 5.70. The number of anilines is 1. The zero-order valence-electron chi connectivity index (χ0n) is 10.3. The van der Waals surface area contributed by atoms with Crippen molar-refractivity contribution in [3.8, 4) is 0 Å². The zero-order chi connectivity index (χ0) is 13.3. The lowest BCUT2D eigenvalue weighted by Crippen LogP contribution is -2.34. The molecule has 96 valence electrons. The second-order valence-corrected chi connectivity index (χ2v) is 4.21. The Bertz CT molecular complexity index is 595. The molecule has 0 aliphatic heterocycles. The van der Waals surface area contributed by atoms with E-state index in [0.717, 1.165) is 5.56 Å². The van der Waals surface area contributed by atoms with Gasteiger partial charge in [-0.15, -0.1) is 0 Å². The van der Waals surface area contributed by atoms with E-state index in [-0.39, 0.29) is 12.5 Å². The number of likely N-dealkylation sites (N-methyl/N-ethyl adjacent to an activating group) is 2. The van der Waals surface area contributed by atoms with Crippen LogP contribution < -0.4 is 10.2 Å². The summed E-state index contributed by atoms with van der Waals surface area (Å²) in [5, 5.41) is 7.01. The van der Waals surface area contributed by atoms with E-state index >= 15 is 0 Å². The zero-order valence-corrected chi connectivity index (χ0v) is 11.1. The van der Waals surface area contributed by atoms with Crippen LogP contribution in [-0.2, 0) is 4.79 Å². The molecule has 0 saturated heterocycles. The number of rotatable bonds is 3. The van der Waals surface area contributed by atoms with Crippen LogP contribution in [0.2, 0.25) is 5.15 Å². The summed E-state index contributed by atoms with van der Waals surface area (Å²) in [4.78, 5) is 21.3. The van der Waals surface area contributed by atoms with Crippen molar-refractivity contribution in [2.45, 2.75) is 6.92 Å². The van der Waals surface area contributed by atoms with Gasteiger partial charge in [-0.1, -0.05) is 11.6 Å². The molecule has 2 rings (SSSR count). The summed E-state index contributed by atoms with van der Waals surface area (Å²) >= 11 is 6.04. The minimum absolute atomic E-state index is 0.0990. The first-order valence-electron chi connectivity index (χ1n) is 5.32. The van der Waals surface area contributed by atoms with Gasteiger partial charge in [-0.3, -0.25) is 4.79 Å². The van der Waals surface area contributed by atoms with Gasteiger partial charge >= 0.3 is 0 Å². The summed E-state index contributed by atoms with van der Waals surface area (Å²) in [7, 11) is 3.38. The smallest absolute Gasteiger partial charge is 0.255 e. The SMILES string of the molecule is CNC(=O)CN(C)c1c(C)c(Cl)nc2ncnn12. The normalized spacial score (nSPS) is 10.7. The molecule has 8 heteroatoms. The molecule has 2 heterocycles. The number of aromatic nitrogens is 4. The standard InChI is InChI=1S/C10H13ClN6O/c1-6-8(11)15-10-13-5-14-17(10)9(6)16(3)4-7(18)12-2/h5H,4H2,1-3H3,(H,12,18). The third-order valence-electron chi connectivity index (χ3n) is 2.59. The minimum atomic E-state index is -0.0990. The number of halogens is 1. The van der Waals surface area contributed by atoms with Gasteiger partial charge in [0, 0.05) is 19.7 Å². The van der Waals surface area contributed by atoms with E-state index < -0.39 is 0 Å². The number of hydrogen-bond donors (Lipinski definition) is 1. The highest BCUT2D eigenvalue weighted by molar-refractivity contribution is 6.30. The topological polar surface area (TPSA) is 75.4 Å². The van der Waals surface area contributed by atoms with Crippen LogP contribution in [0.4, 0.5) is 5.82 Å². The highest BCUT2D eigenvalue weighted by Gasteiger charge is 2.17. The van der Waals surface area contributed by atoms with Gasteiger partial charge in [-0.05, 0) is 6.92 Å². The Kier molecular flexibility index (Phi) is 3.33. The Hall–Kier alpha value is -1.89. The fourth-order valence-corrected chi connectivity index (χ4v) is 1.86. The Morgan fingerprint density at radius 2 is 2.33 bits per heavy atom. The Morgan fingerprint density at radius 3 is 3.00 bits per heavy atom. The maximum atomic E-state index is 11.4. The fraction of sp³-hybridized carbons (Fsp3) is 0.400. The van der Waals surface area contributed by atoms with Crippen molar-refractivity contribution < 1.29 is 4.79 Å². The Morgan fingerprint density at radius 1 is 1.61 bits per heavy atom. The monoisotopic (exact) mass is 268 g/mol. The molecular weight excluding hydrogens is 256 g/mol. The number of carbonyl (C=O) groups is 1. The van der Waals surface area contributed by atoms with Crippen LogP contribution in [-0.4, -0.2) is 46.1 Å². The molecule has 0 unspecified atom stereocenters. The quantitative estimate of drug-likeness (QED) is 0.809. The summed E-state index contributed by atoms with van der Waals surface area (Å²) in [6, 6.07) is 0. The highest BCUT2D eigenvalue weighted by atomic mass is 35.5. The summed E-state index contributed by atoms with van der Waals surface area (Å²) < 4.78 is 1.56. The molecular formula is C10H13ClN6O. The van der Waals surface area contributed by atoms with E-state index in [1.54, 1.807) is 23.5 Å². The van der Waals surface area contributed by atoms with Gasteiger partial charge in [0.1, 0.15) is 17.3 Å². The van der Waals surface area contributed by atoms with Gasteiger partial charge in [0.05, 0.1) is 6.54 Å². The van der Waals surface area contributed by atoms with Crippen LogP contribution in [0.3, 0.4) is 0 Å². The third kappa shape index (κ3) is 2.08. The molecule has 0 atom stereocenters. The average molecular weight is 269 g/mol. The van der Waals surface area contributed by atoms with E-state index in [1.165, 1.54) is 6.33 Å². The van der Waals surface area contributed by atoms with Gasteiger partial charge in [0.15, 0.2) is 0 Å². The number of fused-ring (bicyclic) bond motifs is 1. The van der Waals surface area contributed by atoms with Crippen molar-refractivity contribution in [1.29, 1.82) is 0 Å². The lowest BCUT2D eigenvalue weighted by molar-refractivity contribution is -0.119. The molecule has 2 aromatic heterocycles. The molecule has 0 bridgehead atoms. The molecule has 0 aliphatic rings. The molecule has 7 nitrogen and oxygen atoms in total. The van der Waals surface area contributed by atoms with Gasteiger partial charge in [-0.2, -0.15) is 19.6 Å². The van der Waals surface area contributed by atoms with Crippen LogP contribution in [0.5, 0.6) is 0 Å². The van der Waals surface area contributed by atoms with Crippen molar-refractivity contribution in [1.82, 2.24) is 24.9 Å². The molecule has 1 N–H and O–H groups in total. The van der Waals surface area contributed by atoms with E-state index in [2.05, 4.69) is 20.4 Å². The summed E-state index contributed by atoms with van der Waals surface area (Å²) in [6.07, 6.45) is 1.40. The lowest BCUT2D eigenvalue weighted by atomic mass is 10.3. The average Bonchev–Trinajstić information content (AvgIpc) is 2.77. The molecule has 18 heavy (non-hydrogen) atoms. The van der Waals surface area contributed by atoms with Gasteiger partial charge in [0.2, 0.25) is 5.91 Å². The second kappa shape index (κ2) is 4.77. The second-order valence-electron chi connectivity index (χ2n) is 3.85. The third-order valence-corrected chi connectivity index (χ3v) is 2.96. The van der Waals surface area contributed by atoms with Gasteiger partial charge in [-0.25, -0.2) is 0 Å². The predicted molar refractivity (Wildman–Crippen MR) is 67.9 cm³/mol. The predicted octanol–water partition coefficient (Wildman–Crippen LogP) is 0.268. The van der Waals surface area contributed by atoms with Crippen molar-refractivity contribution in [2.75, 3.05) is 25.5 Å². The van der Waals surface area contributed by atoms with Crippen molar-refractivity contribution >= 4 is 29.1 Å². The number of hydrogen-bond acceptors (Lipinski definition) is 5. The Balaban J connectivity index is 2.51. The molecule has 0 aliphatic carbocycles. The van der Waals surface area contributed by atoms with Gasteiger partial charge < -0.3 is 10.2 Å². The molecule has 0 spiro atoms. The lowest BCUT2D eigenvalue weighted by Gasteiger charge is -2.21.